The van der Waals surface area contributed by atoms with Crippen molar-refractivity contribution in [3.63, 3.8) is 0 Å². The highest BCUT2D eigenvalue weighted by molar-refractivity contribution is 7.15. The summed E-state index contributed by atoms with van der Waals surface area (Å²) in [5, 5.41) is 9.23. The van der Waals surface area contributed by atoms with Crippen molar-refractivity contribution < 1.29 is 13.9 Å². The maximum Gasteiger partial charge on any atom is 0.291 e. The minimum absolute atomic E-state index is 0.177. The summed E-state index contributed by atoms with van der Waals surface area (Å²) in [5.74, 6) is 0.948. The Morgan fingerprint density at radius 2 is 1.74 bits per heavy atom. The van der Waals surface area contributed by atoms with Crippen molar-refractivity contribution in [1.29, 1.82) is 0 Å². The van der Waals surface area contributed by atoms with E-state index in [-0.39, 0.29) is 11.3 Å². The zero-order valence-corrected chi connectivity index (χ0v) is 24.0. The first kappa shape index (κ1) is 27.3. The highest BCUT2D eigenvalue weighted by atomic mass is 32.1. The van der Waals surface area contributed by atoms with Gasteiger partial charge in [0.2, 0.25) is 4.96 Å². The average Bonchev–Trinajstić information content (AvgIpc) is 3.70. The van der Waals surface area contributed by atoms with Gasteiger partial charge in [0.25, 0.3) is 5.56 Å². The van der Waals surface area contributed by atoms with Gasteiger partial charge in [0.1, 0.15) is 11.4 Å². The zero-order valence-electron chi connectivity index (χ0n) is 23.2. The third-order valence-corrected chi connectivity index (χ3v) is 7.58. The molecule has 3 aromatic heterocycles. The van der Waals surface area contributed by atoms with E-state index < -0.39 is 5.82 Å². The summed E-state index contributed by atoms with van der Waals surface area (Å²) in [4.78, 5) is 18.5. The standard InChI is InChI=1S/C32H28FN5O3S/c1-3-5-17-41-25-14-11-21(12-15-25)30-34-32-38(36-30)31(39)28(42-32)19-23-20-37(24-9-7-6-8-10-24)35-29(23)22-13-16-27(40-4-2)26(33)18-22/h6-16,18-20H,3-5,17H2,1-2H3/b28-19-. The van der Waals surface area contributed by atoms with Crippen LogP contribution in [0.15, 0.2) is 83.8 Å². The van der Waals surface area contributed by atoms with Crippen LogP contribution in [0.1, 0.15) is 32.3 Å². The normalized spacial score (nSPS) is 11.8. The summed E-state index contributed by atoms with van der Waals surface area (Å²) in [6.45, 7) is 4.96. The second kappa shape index (κ2) is 12.0. The summed E-state index contributed by atoms with van der Waals surface area (Å²) in [6.07, 6.45) is 5.64. The summed E-state index contributed by atoms with van der Waals surface area (Å²) in [5.41, 5.74) is 3.09. The lowest BCUT2D eigenvalue weighted by Crippen LogP contribution is -2.23. The number of unbranched alkanes of at least 4 members (excludes halogenated alkanes) is 1. The molecule has 0 aliphatic rings. The average molecular weight is 582 g/mol. The van der Waals surface area contributed by atoms with Gasteiger partial charge >= 0.3 is 0 Å². The van der Waals surface area contributed by atoms with Crippen LogP contribution in [0.2, 0.25) is 0 Å². The fourth-order valence-electron chi connectivity index (χ4n) is 4.48. The number of hydrogen-bond donors (Lipinski definition) is 0. The van der Waals surface area contributed by atoms with Gasteiger partial charge in [-0.15, -0.1) is 5.10 Å². The monoisotopic (exact) mass is 581 g/mol. The van der Waals surface area contributed by atoms with Gasteiger partial charge in [-0.1, -0.05) is 42.9 Å². The highest BCUT2D eigenvalue weighted by Crippen LogP contribution is 2.29. The Hall–Kier alpha value is -4.83. The predicted molar refractivity (Wildman–Crippen MR) is 162 cm³/mol. The second-order valence-corrected chi connectivity index (χ2v) is 10.6. The van der Waals surface area contributed by atoms with Crippen molar-refractivity contribution in [2.24, 2.45) is 0 Å². The van der Waals surface area contributed by atoms with Gasteiger partial charge in [-0.2, -0.15) is 14.6 Å². The Balaban J connectivity index is 1.37. The second-order valence-electron chi connectivity index (χ2n) is 9.56. The first-order chi connectivity index (χ1) is 20.5. The number of aromatic nitrogens is 5. The largest absolute Gasteiger partial charge is 0.494 e. The van der Waals surface area contributed by atoms with Crippen LogP contribution in [0.3, 0.4) is 0 Å². The maximum atomic E-state index is 14.8. The third-order valence-electron chi connectivity index (χ3n) is 6.62. The fraction of sp³-hybridized carbons (Fsp3) is 0.188. The van der Waals surface area contributed by atoms with Crippen molar-refractivity contribution >= 4 is 22.4 Å². The molecule has 42 heavy (non-hydrogen) atoms. The van der Waals surface area contributed by atoms with Crippen LogP contribution in [0.4, 0.5) is 4.39 Å². The van der Waals surface area contributed by atoms with Gasteiger partial charge in [0.05, 0.1) is 23.4 Å². The molecule has 212 valence electrons. The molecule has 0 spiro atoms. The van der Waals surface area contributed by atoms with E-state index in [9.17, 15) is 9.18 Å². The Bertz CT molecular complexity index is 1950. The quantitative estimate of drug-likeness (QED) is 0.186. The molecular formula is C32H28FN5O3S. The molecule has 0 radical (unpaired) electrons. The van der Waals surface area contributed by atoms with Gasteiger partial charge in [-0.3, -0.25) is 4.79 Å². The number of ether oxygens (including phenoxy) is 2. The van der Waals surface area contributed by atoms with E-state index in [0.717, 1.165) is 29.8 Å². The van der Waals surface area contributed by atoms with Crippen LogP contribution in [-0.2, 0) is 0 Å². The fourth-order valence-corrected chi connectivity index (χ4v) is 5.38. The molecule has 0 N–H and O–H groups in total. The molecule has 3 aromatic carbocycles. The van der Waals surface area contributed by atoms with Crippen molar-refractivity contribution in [3.8, 4) is 39.8 Å². The van der Waals surface area contributed by atoms with Crippen molar-refractivity contribution in [3.05, 3.63) is 105 Å². The van der Waals surface area contributed by atoms with Gasteiger partial charge < -0.3 is 9.47 Å². The Kier molecular flexibility index (Phi) is 7.78. The third kappa shape index (κ3) is 5.53. The van der Waals surface area contributed by atoms with Crippen LogP contribution in [0.25, 0.3) is 39.4 Å². The number of nitrogens with zero attached hydrogens (tertiary/aromatic N) is 5. The molecule has 8 nitrogen and oxygen atoms in total. The van der Waals surface area contributed by atoms with E-state index in [1.807, 2.05) is 60.8 Å². The van der Waals surface area contributed by atoms with E-state index in [0.29, 0.717) is 45.4 Å². The van der Waals surface area contributed by atoms with Crippen LogP contribution >= 0.6 is 11.3 Å². The summed E-state index contributed by atoms with van der Waals surface area (Å²) < 4.78 is 29.4. The Morgan fingerprint density at radius 3 is 2.45 bits per heavy atom. The van der Waals surface area contributed by atoms with Crippen LogP contribution in [0, 0.1) is 5.82 Å². The molecule has 6 rings (SSSR count). The number of thiazole rings is 1. The first-order valence-electron chi connectivity index (χ1n) is 13.8. The molecule has 6 aromatic rings. The van der Waals surface area contributed by atoms with E-state index in [1.165, 1.54) is 21.9 Å². The van der Waals surface area contributed by atoms with E-state index in [4.69, 9.17) is 14.6 Å². The summed E-state index contributed by atoms with van der Waals surface area (Å²) in [7, 11) is 0. The van der Waals surface area contributed by atoms with Gasteiger partial charge in [0.15, 0.2) is 17.4 Å². The van der Waals surface area contributed by atoms with Crippen molar-refractivity contribution in [2.75, 3.05) is 13.2 Å². The molecule has 0 amide bonds. The number of fused-ring (bicyclic) bond motifs is 1. The molecule has 0 unspecified atom stereocenters. The number of hydrogen-bond acceptors (Lipinski definition) is 7. The number of benzene rings is 3. The molecule has 0 aliphatic carbocycles. The molecule has 0 saturated carbocycles. The number of rotatable bonds is 10. The van der Waals surface area contributed by atoms with E-state index in [2.05, 4.69) is 17.0 Å². The molecular weight excluding hydrogens is 553 g/mol. The first-order valence-corrected chi connectivity index (χ1v) is 14.6. The SMILES string of the molecule is CCCCOc1ccc(-c2nc3s/c(=C\c4cn(-c5ccccc5)nc4-c4ccc(OCC)c(F)c4)c(=O)n3n2)cc1. The van der Waals surface area contributed by atoms with Crippen LogP contribution in [0.5, 0.6) is 11.5 Å². The van der Waals surface area contributed by atoms with Crippen LogP contribution < -0.4 is 19.6 Å². The number of halogens is 1. The van der Waals surface area contributed by atoms with Crippen molar-refractivity contribution in [2.45, 2.75) is 26.7 Å². The van der Waals surface area contributed by atoms with E-state index in [1.54, 1.807) is 29.8 Å². The number of para-hydroxylation sites is 1. The topological polar surface area (TPSA) is 83.5 Å². The molecule has 0 saturated heterocycles. The Morgan fingerprint density at radius 1 is 0.952 bits per heavy atom. The lowest BCUT2D eigenvalue weighted by atomic mass is 10.1. The van der Waals surface area contributed by atoms with Crippen LogP contribution in [-0.4, -0.2) is 37.6 Å². The maximum absolute atomic E-state index is 14.8. The zero-order chi connectivity index (χ0) is 29.1. The lowest BCUT2D eigenvalue weighted by Gasteiger charge is -2.06. The lowest BCUT2D eigenvalue weighted by molar-refractivity contribution is 0.309. The molecule has 0 bridgehead atoms. The summed E-state index contributed by atoms with van der Waals surface area (Å²) >= 11 is 1.24. The highest BCUT2D eigenvalue weighted by Gasteiger charge is 2.16. The smallest absolute Gasteiger partial charge is 0.291 e. The minimum Gasteiger partial charge on any atom is -0.494 e. The molecule has 0 aliphatic heterocycles. The predicted octanol–water partition coefficient (Wildman–Crippen LogP) is 5.94. The summed E-state index contributed by atoms with van der Waals surface area (Å²) in [6, 6.07) is 21.9. The van der Waals surface area contributed by atoms with Gasteiger partial charge in [-0.25, -0.2) is 9.07 Å². The van der Waals surface area contributed by atoms with Gasteiger partial charge in [0, 0.05) is 22.9 Å². The molecule has 3 heterocycles. The molecule has 10 heteroatoms. The molecule has 0 fully saturated rings. The van der Waals surface area contributed by atoms with Gasteiger partial charge in [-0.05, 0) is 74.0 Å². The minimum atomic E-state index is -0.481. The van der Waals surface area contributed by atoms with E-state index >= 15 is 0 Å². The molecule has 0 atom stereocenters. The Labute approximate surface area is 245 Å². The van der Waals surface area contributed by atoms with Crippen molar-refractivity contribution in [1.82, 2.24) is 24.4 Å².